The normalized spacial score (nSPS) is 11.2. The summed E-state index contributed by atoms with van der Waals surface area (Å²) in [5, 5.41) is 10.3. The number of ether oxygens (including phenoxy) is 1. The maximum absolute atomic E-state index is 4.83. The summed E-state index contributed by atoms with van der Waals surface area (Å²) in [6.07, 6.45) is 0. The number of hydrogen-bond acceptors (Lipinski definition) is 1. The summed E-state index contributed by atoms with van der Waals surface area (Å²) in [5.74, 6) is 0. The second-order valence-corrected chi connectivity index (χ2v) is 27.7. The Morgan fingerprint density at radius 1 is 0.322 bits per heavy atom. The molecule has 0 bridgehead atoms. The van der Waals surface area contributed by atoms with E-state index in [-0.39, 0.29) is 18.9 Å². The first-order chi connectivity index (χ1) is 28.8. The second kappa shape index (κ2) is 23.2. The van der Waals surface area contributed by atoms with E-state index < -0.39 is 36.2 Å². The van der Waals surface area contributed by atoms with Crippen LogP contribution in [0.15, 0.2) is 243 Å². The van der Waals surface area contributed by atoms with E-state index in [0.717, 1.165) is 13.2 Å². The van der Waals surface area contributed by atoms with Gasteiger partial charge in [-0.1, -0.05) is 194 Å². The van der Waals surface area contributed by atoms with Crippen molar-refractivity contribution in [3.8, 4) is 0 Å². The third-order valence-corrected chi connectivity index (χ3v) is 30.1. The Hall–Kier alpha value is -3.90. The van der Waals surface area contributed by atoms with Gasteiger partial charge in [0, 0.05) is 13.2 Å². The molecule has 0 amide bonds. The summed E-state index contributed by atoms with van der Waals surface area (Å²) >= 11 is 0. The fourth-order valence-corrected chi connectivity index (χ4v) is 34.2. The molecule has 8 rings (SSSR count). The molecule has 0 unspecified atom stereocenters. The van der Waals surface area contributed by atoms with Gasteiger partial charge in [-0.25, -0.2) is 0 Å². The summed E-state index contributed by atoms with van der Waals surface area (Å²) in [4.78, 5) is 0. The smallest absolute Gasteiger partial charge is 0.382 e. The van der Waals surface area contributed by atoms with E-state index in [1.54, 1.807) is 0 Å². The van der Waals surface area contributed by atoms with Crippen molar-refractivity contribution in [1.29, 1.82) is 0 Å². The van der Waals surface area contributed by atoms with Gasteiger partial charge in [0.1, 0.15) is 0 Å². The Labute approximate surface area is 369 Å². The molecule has 288 valence electrons. The summed E-state index contributed by atoms with van der Waals surface area (Å²) in [6.45, 7) is 5.67. The molecule has 0 radical (unpaired) electrons. The minimum Gasteiger partial charge on any atom is -0.382 e. The molecule has 0 saturated carbocycles. The Morgan fingerprint density at radius 2 is 0.508 bits per heavy atom. The molecule has 7 heteroatoms. The third kappa shape index (κ3) is 10.5. The Morgan fingerprint density at radius 3 is 0.678 bits per heavy atom. The fraction of sp³-hybridized carbons (Fsp3) is 0.0769. The van der Waals surface area contributed by atoms with Crippen LogP contribution in [0.25, 0.3) is 0 Å². The topological polar surface area (TPSA) is 9.23 Å². The van der Waals surface area contributed by atoms with Crippen LogP contribution in [-0.4, -0.2) is 18.2 Å². The first kappa shape index (κ1) is 44.6. The summed E-state index contributed by atoms with van der Waals surface area (Å²) < 4.78 is 4.83. The fourth-order valence-electron chi connectivity index (χ4n) is 8.23. The zero-order valence-electron chi connectivity index (χ0n) is 34.4. The monoisotopic (exact) mass is 834 g/mol. The van der Waals surface area contributed by atoms with Crippen molar-refractivity contribution in [2.75, 3.05) is 13.2 Å². The predicted molar refractivity (Wildman–Crippen MR) is 267 cm³/mol. The quantitative estimate of drug-likeness (QED) is 0.0818. The molecule has 0 aliphatic carbocycles. The molecule has 8 aromatic rings. The number of benzene rings is 8. The van der Waals surface area contributed by atoms with Crippen LogP contribution in [0.4, 0.5) is 0 Å². The van der Waals surface area contributed by atoms with E-state index in [1.165, 1.54) is 42.4 Å². The largest absolute Gasteiger partial charge is 1.00 e. The van der Waals surface area contributed by atoms with Gasteiger partial charge in [0.05, 0.1) is 21.2 Å². The summed E-state index contributed by atoms with van der Waals surface area (Å²) in [5.41, 5.74) is 0. The van der Waals surface area contributed by atoms with Gasteiger partial charge in [-0.2, -0.15) is 0 Å². The van der Waals surface area contributed by atoms with Crippen molar-refractivity contribution in [3.63, 3.8) is 0 Å². The zero-order valence-corrected chi connectivity index (χ0v) is 38.2. The van der Waals surface area contributed by atoms with Crippen molar-refractivity contribution >= 4 is 78.7 Å². The van der Waals surface area contributed by atoms with Crippen LogP contribution >= 0.6 is 31.2 Å². The molecule has 0 spiro atoms. The minimum atomic E-state index is -1.61. The first-order valence-electron chi connectivity index (χ1n) is 20.3. The molecule has 0 atom stereocenters. The molecule has 0 heterocycles. The predicted octanol–water partition coefficient (Wildman–Crippen LogP) is 7.47. The van der Waals surface area contributed by atoms with Crippen LogP contribution in [0.2, 0.25) is 0 Å². The average molecular weight is 835 g/mol. The standard InChI is InChI=1S/C48H42BP4.C4H10O.Li/c1-9-25-41(26-10-1)50(42-27-11-2-12-28-42)49(51(43-29-13-3-14-30-43)44-31-15-4-16-32-44,52(45-33-17-5-18-34-45)46-35-19-6-20-36-46)53(47-37-21-7-22-38-47)48-39-23-8-24-40-48;1-3-5-4-2;/h1-40,50-51H;3-4H2,1-2H3;/q+1;;+1. The molecular formula is C52H52BLiOP4+2. The molecule has 59 heavy (non-hydrogen) atoms. The van der Waals surface area contributed by atoms with Crippen LogP contribution in [0.5, 0.6) is 0 Å². The minimum absolute atomic E-state index is 0. The van der Waals surface area contributed by atoms with Gasteiger partial charge in [0.25, 0.3) is 0 Å². The Kier molecular flexibility index (Phi) is 17.6. The molecular weight excluding hydrogens is 782 g/mol. The van der Waals surface area contributed by atoms with Crippen LogP contribution in [0.3, 0.4) is 0 Å². The van der Waals surface area contributed by atoms with E-state index in [2.05, 4.69) is 243 Å². The molecule has 8 aromatic carbocycles. The van der Waals surface area contributed by atoms with Crippen LogP contribution in [0.1, 0.15) is 13.8 Å². The van der Waals surface area contributed by atoms with Gasteiger partial charge in [-0.3, -0.25) is 0 Å². The second-order valence-electron chi connectivity index (χ2n) is 13.9. The van der Waals surface area contributed by atoms with Crippen molar-refractivity contribution in [2.24, 2.45) is 0 Å². The van der Waals surface area contributed by atoms with E-state index in [4.69, 9.17) is 4.74 Å². The zero-order chi connectivity index (χ0) is 39.8. The van der Waals surface area contributed by atoms with Gasteiger partial charge in [-0.05, 0) is 99.2 Å². The van der Waals surface area contributed by atoms with Gasteiger partial charge < -0.3 is 4.74 Å². The van der Waals surface area contributed by atoms with E-state index in [0.29, 0.717) is 0 Å². The van der Waals surface area contributed by atoms with Crippen molar-refractivity contribution in [2.45, 2.75) is 13.8 Å². The molecule has 0 saturated heterocycles. The maximum atomic E-state index is 4.83. The van der Waals surface area contributed by atoms with Gasteiger partial charge >= 0.3 is 23.9 Å². The van der Waals surface area contributed by atoms with Gasteiger partial charge in [0.2, 0.25) is 0 Å². The average Bonchev–Trinajstić information content (AvgIpc) is 3.30. The van der Waals surface area contributed by atoms with Crippen molar-refractivity contribution in [1.82, 2.24) is 0 Å². The SMILES string of the molecule is CCOCC.[Li+].c1ccc(P(c2ccccc2)[B-](P(c2ccccc2)c2ccccc2)([PH+](c2ccccc2)c2ccccc2)[PH+](c2ccccc2)c2ccccc2)cc1. The van der Waals surface area contributed by atoms with E-state index in [9.17, 15) is 0 Å². The van der Waals surface area contributed by atoms with E-state index in [1.807, 2.05) is 13.8 Å². The van der Waals surface area contributed by atoms with Crippen LogP contribution in [-0.2, 0) is 4.74 Å². The van der Waals surface area contributed by atoms with E-state index >= 15 is 0 Å². The molecule has 0 aromatic heterocycles. The molecule has 0 fully saturated rings. The molecule has 0 N–H and O–H groups in total. The van der Waals surface area contributed by atoms with Crippen molar-refractivity contribution < 1.29 is 23.6 Å². The number of hydrogen-bond donors (Lipinski definition) is 0. The maximum Gasteiger partial charge on any atom is 1.00 e. The van der Waals surface area contributed by atoms with Crippen LogP contribution < -0.4 is 61.3 Å². The van der Waals surface area contributed by atoms with Gasteiger partial charge in [-0.15, -0.1) is 15.6 Å². The molecule has 1 nitrogen and oxygen atoms in total. The Balaban J connectivity index is 0.000000921. The van der Waals surface area contributed by atoms with Gasteiger partial charge in [0.15, 0.2) is 0 Å². The summed E-state index contributed by atoms with van der Waals surface area (Å²) in [6, 6.07) is 93.2. The molecule has 0 aliphatic heterocycles. The van der Waals surface area contributed by atoms with Crippen LogP contribution in [0, 0.1) is 0 Å². The Bertz CT molecular complexity index is 1850. The number of rotatable bonds is 14. The summed E-state index contributed by atoms with van der Waals surface area (Å²) in [7, 11) is -5.17. The first-order valence-corrected chi connectivity index (χ1v) is 26.2. The van der Waals surface area contributed by atoms with Crippen molar-refractivity contribution in [3.05, 3.63) is 243 Å². The molecule has 0 aliphatic rings. The third-order valence-electron chi connectivity index (χ3n) is 10.4.